The summed E-state index contributed by atoms with van der Waals surface area (Å²) in [7, 11) is 0. The van der Waals surface area contributed by atoms with Gasteiger partial charge in [0.25, 0.3) is 0 Å². The molecule has 8 heteroatoms. The van der Waals surface area contributed by atoms with Gasteiger partial charge in [0.2, 0.25) is 0 Å². The van der Waals surface area contributed by atoms with Crippen molar-refractivity contribution < 1.29 is 9.13 Å². The monoisotopic (exact) mass is 409 g/mol. The highest BCUT2D eigenvalue weighted by molar-refractivity contribution is 6.32. The molecule has 0 spiro atoms. The van der Waals surface area contributed by atoms with Crippen LogP contribution in [0.1, 0.15) is 5.56 Å². The van der Waals surface area contributed by atoms with Gasteiger partial charge in [-0.1, -0.05) is 23.7 Å². The third-order valence-corrected chi connectivity index (χ3v) is 4.50. The van der Waals surface area contributed by atoms with Gasteiger partial charge in [0.05, 0.1) is 16.2 Å². The van der Waals surface area contributed by atoms with Crippen molar-refractivity contribution in [2.45, 2.75) is 6.61 Å². The zero-order chi connectivity index (χ0) is 20.2. The van der Waals surface area contributed by atoms with Crippen molar-refractivity contribution in [3.8, 4) is 5.75 Å². The second kappa shape index (κ2) is 8.20. The number of rotatable bonds is 6. The van der Waals surface area contributed by atoms with Gasteiger partial charge in [0.15, 0.2) is 5.82 Å². The molecule has 4 aromatic rings. The molecule has 0 fully saturated rings. The zero-order valence-corrected chi connectivity index (χ0v) is 15.9. The Bertz CT molecular complexity index is 1170. The normalized spacial score (nSPS) is 10.7. The highest BCUT2D eigenvalue weighted by atomic mass is 35.5. The first-order valence-electron chi connectivity index (χ1n) is 8.77. The standard InChI is InChI=1S/C21H17ClFN5O/c22-18-10-16(5-7-20(18)29-11-13-2-1-3-14(23)8-13)27-28-21-17-9-15(24)4-6-19(17)25-12-26-21/h1-10,12,27H,11,24H2,(H,25,26,28). The summed E-state index contributed by atoms with van der Waals surface area (Å²) in [4.78, 5) is 8.46. The Kier molecular flexibility index (Phi) is 5.31. The van der Waals surface area contributed by atoms with Crippen LogP contribution >= 0.6 is 11.6 Å². The topological polar surface area (TPSA) is 85.1 Å². The number of hydrogen-bond acceptors (Lipinski definition) is 6. The van der Waals surface area contributed by atoms with E-state index in [0.717, 1.165) is 16.5 Å². The molecule has 0 radical (unpaired) electrons. The zero-order valence-electron chi connectivity index (χ0n) is 15.2. The molecule has 3 aromatic carbocycles. The number of ether oxygens (including phenoxy) is 1. The number of hydrazine groups is 1. The smallest absolute Gasteiger partial charge is 0.155 e. The number of nitrogen functional groups attached to an aromatic ring is 1. The van der Waals surface area contributed by atoms with Gasteiger partial charge in [-0.3, -0.25) is 10.9 Å². The third-order valence-electron chi connectivity index (χ3n) is 4.20. The number of nitrogens with zero attached hydrogens (tertiary/aromatic N) is 2. The number of hydrogen-bond donors (Lipinski definition) is 3. The Morgan fingerprint density at radius 3 is 2.72 bits per heavy atom. The first-order valence-corrected chi connectivity index (χ1v) is 9.15. The lowest BCUT2D eigenvalue weighted by Gasteiger charge is -2.13. The molecule has 6 nitrogen and oxygen atoms in total. The summed E-state index contributed by atoms with van der Waals surface area (Å²) >= 11 is 6.32. The van der Waals surface area contributed by atoms with Gasteiger partial charge in [0.1, 0.15) is 24.5 Å². The lowest BCUT2D eigenvalue weighted by atomic mass is 10.2. The maximum atomic E-state index is 13.3. The van der Waals surface area contributed by atoms with Crippen molar-refractivity contribution in [2.75, 3.05) is 16.6 Å². The highest BCUT2D eigenvalue weighted by Crippen LogP contribution is 2.29. The molecule has 0 unspecified atom stereocenters. The predicted octanol–water partition coefficient (Wildman–Crippen LogP) is 5.02. The van der Waals surface area contributed by atoms with Gasteiger partial charge in [-0.05, 0) is 54.1 Å². The summed E-state index contributed by atoms with van der Waals surface area (Å²) in [6.45, 7) is 0.219. The van der Waals surface area contributed by atoms with Crippen molar-refractivity contribution in [1.82, 2.24) is 9.97 Å². The van der Waals surface area contributed by atoms with E-state index < -0.39 is 0 Å². The van der Waals surface area contributed by atoms with Gasteiger partial charge in [-0.25, -0.2) is 14.4 Å². The molecule has 0 saturated carbocycles. The van der Waals surface area contributed by atoms with Gasteiger partial charge in [0, 0.05) is 11.1 Å². The molecule has 0 saturated heterocycles. The van der Waals surface area contributed by atoms with Crippen LogP contribution in [0.5, 0.6) is 5.75 Å². The molecule has 4 N–H and O–H groups in total. The fourth-order valence-corrected chi connectivity index (χ4v) is 3.02. The van der Waals surface area contributed by atoms with Crippen LogP contribution in [0, 0.1) is 5.82 Å². The summed E-state index contributed by atoms with van der Waals surface area (Å²) in [5.74, 6) is 0.786. The maximum absolute atomic E-state index is 13.3. The number of aromatic nitrogens is 2. The quantitative estimate of drug-likeness (QED) is 0.306. The molecular weight excluding hydrogens is 393 g/mol. The Morgan fingerprint density at radius 2 is 1.90 bits per heavy atom. The number of halogens is 2. The first-order chi connectivity index (χ1) is 14.1. The van der Waals surface area contributed by atoms with E-state index in [1.807, 2.05) is 6.07 Å². The molecule has 0 bridgehead atoms. The van der Waals surface area contributed by atoms with Crippen LogP contribution in [0.2, 0.25) is 5.02 Å². The van der Waals surface area contributed by atoms with E-state index in [-0.39, 0.29) is 12.4 Å². The average molecular weight is 410 g/mol. The lowest BCUT2D eigenvalue weighted by molar-refractivity contribution is 0.306. The number of anilines is 3. The van der Waals surface area contributed by atoms with E-state index in [1.54, 1.807) is 42.5 Å². The van der Waals surface area contributed by atoms with Crippen LogP contribution in [0.25, 0.3) is 10.9 Å². The molecule has 0 aliphatic heterocycles. The molecule has 29 heavy (non-hydrogen) atoms. The minimum Gasteiger partial charge on any atom is -0.487 e. The average Bonchev–Trinajstić information content (AvgIpc) is 2.71. The molecule has 0 aliphatic rings. The van der Waals surface area contributed by atoms with Crippen LogP contribution in [0.15, 0.2) is 67.0 Å². The maximum Gasteiger partial charge on any atom is 0.155 e. The molecule has 0 amide bonds. The lowest BCUT2D eigenvalue weighted by Crippen LogP contribution is -2.10. The van der Waals surface area contributed by atoms with Crippen LogP contribution in [-0.2, 0) is 6.61 Å². The second-order valence-electron chi connectivity index (χ2n) is 6.31. The largest absolute Gasteiger partial charge is 0.487 e. The van der Waals surface area contributed by atoms with E-state index >= 15 is 0 Å². The molecule has 0 atom stereocenters. The van der Waals surface area contributed by atoms with E-state index in [1.165, 1.54) is 18.5 Å². The van der Waals surface area contributed by atoms with Gasteiger partial charge in [-0.15, -0.1) is 0 Å². The van der Waals surface area contributed by atoms with Crippen LogP contribution in [0.3, 0.4) is 0 Å². The van der Waals surface area contributed by atoms with Crippen LogP contribution in [-0.4, -0.2) is 9.97 Å². The molecule has 146 valence electrons. The van der Waals surface area contributed by atoms with Crippen molar-refractivity contribution in [1.29, 1.82) is 0 Å². The van der Waals surface area contributed by atoms with Gasteiger partial charge >= 0.3 is 0 Å². The number of fused-ring (bicyclic) bond motifs is 1. The van der Waals surface area contributed by atoms with Gasteiger partial charge in [-0.2, -0.15) is 0 Å². The molecule has 0 aliphatic carbocycles. The molecular formula is C21H17ClFN5O. The van der Waals surface area contributed by atoms with E-state index in [4.69, 9.17) is 22.1 Å². The Balaban J connectivity index is 1.44. The highest BCUT2D eigenvalue weighted by Gasteiger charge is 2.07. The molecule has 4 rings (SSSR count). The third kappa shape index (κ3) is 4.47. The van der Waals surface area contributed by atoms with Crippen molar-refractivity contribution in [2.24, 2.45) is 0 Å². The minimum atomic E-state index is -0.304. The van der Waals surface area contributed by atoms with Gasteiger partial charge < -0.3 is 10.5 Å². The van der Waals surface area contributed by atoms with Crippen molar-refractivity contribution in [3.05, 3.63) is 83.4 Å². The summed E-state index contributed by atoms with van der Waals surface area (Å²) in [6, 6.07) is 16.9. The number of nitrogens with two attached hydrogens (primary N) is 1. The van der Waals surface area contributed by atoms with Crippen LogP contribution < -0.4 is 21.3 Å². The summed E-state index contributed by atoms with van der Waals surface area (Å²) < 4.78 is 18.9. The molecule has 1 heterocycles. The number of benzene rings is 3. The fraction of sp³-hybridized carbons (Fsp3) is 0.0476. The van der Waals surface area contributed by atoms with Crippen molar-refractivity contribution >= 4 is 39.7 Å². The minimum absolute atomic E-state index is 0.219. The number of nitrogens with one attached hydrogen (secondary N) is 2. The Labute approximate surface area is 171 Å². The summed E-state index contributed by atoms with van der Waals surface area (Å²) in [5.41, 5.74) is 14.8. The van der Waals surface area contributed by atoms with E-state index in [2.05, 4.69) is 20.8 Å². The van der Waals surface area contributed by atoms with E-state index in [9.17, 15) is 4.39 Å². The SMILES string of the molecule is Nc1ccc2ncnc(NNc3ccc(OCc4cccc(F)c4)c(Cl)c3)c2c1. The van der Waals surface area contributed by atoms with E-state index in [0.29, 0.717) is 28.0 Å². The summed E-state index contributed by atoms with van der Waals surface area (Å²) in [5, 5.41) is 1.21. The van der Waals surface area contributed by atoms with Crippen molar-refractivity contribution in [3.63, 3.8) is 0 Å². The Morgan fingerprint density at radius 1 is 1.00 bits per heavy atom. The second-order valence-corrected chi connectivity index (χ2v) is 6.72. The summed E-state index contributed by atoms with van der Waals surface area (Å²) in [6.07, 6.45) is 1.47. The predicted molar refractivity (Wildman–Crippen MR) is 113 cm³/mol. The fourth-order valence-electron chi connectivity index (χ4n) is 2.79. The Hall–Kier alpha value is -3.58. The first kappa shape index (κ1) is 18.8. The molecule has 1 aromatic heterocycles. The van der Waals surface area contributed by atoms with Crippen LogP contribution in [0.4, 0.5) is 21.6 Å².